The van der Waals surface area contributed by atoms with Crippen LogP contribution in [0.3, 0.4) is 0 Å². The summed E-state index contributed by atoms with van der Waals surface area (Å²) >= 11 is 25.3. The second-order valence-electron chi connectivity index (χ2n) is 7.47. The van der Waals surface area contributed by atoms with Crippen molar-refractivity contribution in [3.05, 3.63) is 115 Å². The largest absolute Gasteiger partial charge is 0.452 e. The van der Waals surface area contributed by atoms with Gasteiger partial charge in [-0.15, -0.1) is 0 Å². The normalized spacial score (nSPS) is 12.2. The van der Waals surface area contributed by atoms with E-state index in [1.165, 1.54) is 6.07 Å². The number of fused-ring (bicyclic) bond motifs is 2. The standard InChI is InChI=1S/C26H13Cl4NO3/c27-17-7-3-8-18(28)23(17)31-21-11-15-16(25(33)14-6-2-1-5-13(14)24(15)32)12-22(21)34-26-19(29)9-4-10-20(26)30/h1-12,31H. The van der Waals surface area contributed by atoms with Gasteiger partial charge in [-0.2, -0.15) is 0 Å². The smallest absolute Gasteiger partial charge is 0.194 e. The van der Waals surface area contributed by atoms with Crippen molar-refractivity contribution in [3.8, 4) is 11.5 Å². The van der Waals surface area contributed by atoms with Crippen LogP contribution in [0.4, 0.5) is 11.4 Å². The predicted octanol–water partition coefficient (Wildman–Crippen LogP) is 8.61. The fourth-order valence-electron chi connectivity index (χ4n) is 3.75. The van der Waals surface area contributed by atoms with Crippen LogP contribution in [-0.2, 0) is 0 Å². The topological polar surface area (TPSA) is 55.4 Å². The predicted molar refractivity (Wildman–Crippen MR) is 136 cm³/mol. The Labute approximate surface area is 215 Å². The molecular weight excluding hydrogens is 516 g/mol. The number of ether oxygens (including phenoxy) is 1. The number of benzene rings is 4. The van der Waals surface area contributed by atoms with Gasteiger partial charge in [0.2, 0.25) is 0 Å². The first-order valence-corrected chi connectivity index (χ1v) is 11.6. The first-order valence-electron chi connectivity index (χ1n) is 10.0. The molecule has 1 aliphatic rings. The van der Waals surface area contributed by atoms with Gasteiger partial charge in [-0.25, -0.2) is 0 Å². The van der Waals surface area contributed by atoms with Gasteiger partial charge in [0, 0.05) is 22.3 Å². The lowest BCUT2D eigenvalue weighted by molar-refractivity contribution is 0.0979. The van der Waals surface area contributed by atoms with Crippen molar-refractivity contribution in [3.63, 3.8) is 0 Å². The zero-order chi connectivity index (χ0) is 24.0. The maximum atomic E-state index is 13.3. The molecule has 34 heavy (non-hydrogen) atoms. The van der Waals surface area contributed by atoms with Gasteiger partial charge in [0.05, 0.1) is 31.5 Å². The fraction of sp³-hybridized carbons (Fsp3) is 0. The van der Waals surface area contributed by atoms with E-state index in [1.807, 2.05) is 0 Å². The number of nitrogens with one attached hydrogen (secondary N) is 1. The van der Waals surface area contributed by atoms with Crippen LogP contribution < -0.4 is 10.1 Å². The number of hydrogen-bond donors (Lipinski definition) is 1. The van der Waals surface area contributed by atoms with E-state index < -0.39 is 0 Å². The highest BCUT2D eigenvalue weighted by Crippen LogP contribution is 2.43. The van der Waals surface area contributed by atoms with Crippen LogP contribution in [0.15, 0.2) is 72.8 Å². The molecule has 4 nitrogen and oxygen atoms in total. The minimum absolute atomic E-state index is 0.203. The highest BCUT2D eigenvalue weighted by atomic mass is 35.5. The molecule has 0 saturated carbocycles. The first-order chi connectivity index (χ1) is 16.3. The third kappa shape index (κ3) is 3.93. The fourth-order valence-corrected chi connectivity index (χ4v) is 4.72. The highest BCUT2D eigenvalue weighted by Gasteiger charge is 2.31. The molecule has 5 rings (SSSR count). The highest BCUT2D eigenvalue weighted by molar-refractivity contribution is 6.39. The van der Waals surface area contributed by atoms with Crippen molar-refractivity contribution in [1.29, 1.82) is 0 Å². The molecule has 8 heteroatoms. The third-order valence-corrected chi connectivity index (χ3v) is 6.60. The molecule has 1 N–H and O–H groups in total. The second kappa shape index (κ2) is 8.97. The molecule has 0 saturated heterocycles. The average Bonchev–Trinajstić information content (AvgIpc) is 2.82. The summed E-state index contributed by atoms with van der Waals surface area (Å²) in [5, 5.41) is 4.42. The van der Waals surface area contributed by atoms with Gasteiger partial charge in [-0.05, 0) is 36.4 Å². The molecule has 168 valence electrons. The summed E-state index contributed by atoms with van der Waals surface area (Å²) in [5.41, 5.74) is 1.87. The second-order valence-corrected chi connectivity index (χ2v) is 9.10. The summed E-state index contributed by atoms with van der Waals surface area (Å²) in [5.74, 6) is -0.150. The molecule has 1 aliphatic carbocycles. The summed E-state index contributed by atoms with van der Waals surface area (Å²) in [4.78, 5) is 26.5. The minimum atomic E-state index is -0.289. The van der Waals surface area contributed by atoms with Gasteiger partial charge in [-0.3, -0.25) is 9.59 Å². The Morgan fingerprint density at radius 2 is 1.09 bits per heavy atom. The molecule has 0 amide bonds. The molecule has 0 fully saturated rings. The maximum Gasteiger partial charge on any atom is 0.194 e. The zero-order valence-electron chi connectivity index (χ0n) is 17.2. The van der Waals surface area contributed by atoms with E-state index in [4.69, 9.17) is 51.1 Å². The Kier molecular flexibility index (Phi) is 6.00. The van der Waals surface area contributed by atoms with Crippen molar-refractivity contribution in [2.24, 2.45) is 0 Å². The molecule has 0 heterocycles. The summed E-state index contributed by atoms with van der Waals surface area (Å²) in [6.07, 6.45) is 0. The van der Waals surface area contributed by atoms with Crippen LogP contribution >= 0.6 is 46.4 Å². The van der Waals surface area contributed by atoms with Crippen LogP contribution in [-0.4, -0.2) is 11.6 Å². The van der Waals surface area contributed by atoms with E-state index in [1.54, 1.807) is 66.7 Å². The number of carbonyl (C=O) groups is 2. The first kappa shape index (κ1) is 22.8. The van der Waals surface area contributed by atoms with Gasteiger partial charge in [0.15, 0.2) is 23.1 Å². The number of halogens is 4. The van der Waals surface area contributed by atoms with Gasteiger partial charge in [0.25, 0.3) is 0 Å². The monoisotopic (exact) mass is 527 g/mol. The number of carbonyl (C=O) groups excluding carboxylic acids is 2. The lowest BCUT2D eigenvalue weighted by Gasteiger charge is -2.22. The van der Waals surface area contributed by atoms with Crippen molar-refractivity contribution in [2.75, 3.05) is 5.32 Å². The molecule has 4 aromatic rings. The van der Waals surface area contributed by atoms with E-state index in [0.29, 0.717) is 32.5 Å². The molecule has 0 unspecified atom stereocenters. The van der Waals surface area contributed by atoms with Crippen molar-refractivity contribution in [1.82, 2.24) is 0 Å². The molecule has 0 aromatic heterocycles. The number of para-hydroxylation sites is 2. The Morgan fingerprint density at radius 1 is 0.588 bits per heavy atom. The van der Waals surface area contributed by atoms with Crippen LogP contribution in [0.1, 0.15) is 31.8 Å². The Hall–Kier alpha value is -3.02. The lowest BCUT2D eigenvalue weighted by Crippen LogP contribution is -2.21. The minimum Gasteiger partial charge on any atom is -0.452 e. The Bertz CT molecular complexity index is 1350. The van der Waals surface area contributed by atoms with E-state index in [2.05, 4.69) is 5.32 Å². The van der Waals surface area contributed by atoms with E-state index in [9.17, 15) is 9.59 Å². The average molecular weight is 529 g/mol. The van der Waals surface area contributed by atoms with Crippen molar-refractivity contribution in [2.45, 2.75) is 0 Å². The molecule has 4 aromatic carbocycles. The third-order valence-electron chi connectivity index (χ3n) is 5.38. The van der Waals surface area contributed by atoms with Crippen LogP contribution in [0.5, 0.6) is 11.5 Å². The van der Waals surface area contributed by atoms with Crippen LogP contribution in [0.2, 0.25) is 20.1 Å². The molecular formula is C26H13Cl4NO3. The van der Waals surface area contributed by atoms with Crippen LogP contribution in [0.25, 0.3) is 0 Å². The molecule has 0 bridgehead atoms. The van der Waals surface area contributed by atoms with Gasteiger partial charge >= 0.3 is 0 Å². The van der Waals surface area contributed by atoms with E-state index in [-0.39, 0.29) is 44.2 Å². The molecule has 0 radical (unpaired) electrons. The summed E-state index contributed by atoms with van der Waals surface area (Å²) in [7, 11) is 0. The summed E-state index contributed by atoms with van der Waals surface area (Å²) < 4.78 is 6.08. The lowest BCUT2D eigenvalue weighted by atomic mass is 9.83. The SMILES string of the molecule is O=C1c2ccccc2C(=O)c2cc(Oc3c(Cl)cccc3Cl)c(Nc3c(Cl)cccc3Cl)cc21. The van der Waals surface area contributed by atoms with Crippen molar-refractivity contribution >= 4 is 69.3 Å². The van der Waals surface area contributed by atoms with E-state index in [0.717, 1.165) is 0 Å². The van der Waals surface area contributed by atoms with Crippen molar-refractivity contribution < 1.29 is 14.3 Å². The molecule has 0 atom stereocenters. The van der Waals surface area contributed by atoms with Gasteiger partial charge in [-0.1, -0.05) is 82.8 Å². The van der Waals surface area contributed by atoms with E-state index >= 15 is 0 Å². The quantitative estimate of drug-likeness (QED) is 0.253. The number of ketones is 2. The van der Waals surface area contributed by atoms with Crippen LogP contribution in [0, 0.1) is 0 Å². The molecule has 0 spiro atoms. The molecule has 0 aliphatic heterocycles. The summed E-state index contributed by atoms with van der Waals surface area (Å²) in [6, 6.07) is 19.7. The number of hydrogen-bond acceptors (Lipinski definition) is 4. The number of anilines is 2. The van der Waals surface area contributed by atoms with Gasteiger partial charge in [0.1, 0.15) is 0 Å². The summed E-state index contributed by atoms with van der Waals surface area (Å²) in [6.45, 7) is 0. The Morgan fingerprint density at radius 3 is 1.65 bits per heavy atom. The maximum absolute atomic E-state index is 13.3. The van der Waals surface area contributed by atoms with Gasteiger partial charge < -0.3 is 10.1 Å². The zero-order valence-corrected chi connectivity index (χ0v) is 20.2. The Balaban J connectivity index is 1.70. The number of rotatable bonds is 4.